The van der Waals surface area contributed by atoms with Gasteiger partial charge in [0.05, 0.1) is 5.56 Å². The third kappa shape index (κ3) is 3.53. The molecule has 0 saturated heterocycles. The van der Waals surface area contributed by atoms with Crippen molar-refractivity contribution in [2.45, 2.75) is 33.2 Å². The maximum absolute atomic E-state index is 12.6. The van der Waals surface area contributed by atoms with Gasteiger partial charge >= 0.3 is 0 Å². The van der Waals surface area contributed by atoms with Gasteiger partial charge in [-0.25, -0.2) is 0 Å². The number of nitrogens with one attached hydrogen (secondary N) is 1. The molecule has 0 radical (unpaired) electrons. The Bertz CT molecular complexity index is 1120. The van der Waals surface area contributed by atoms with Crippen LogP contribution in [0.25, 0.3) is 22.4 Å². The standard InChI is InChI=1S/C22H22N4O2/c1-14(2)16-8-10-17(11-9-16)23-21(27)13-26-12-19(22-25-24-15(3)28-22)18-6-4-5-7-20(18)26/h4-12,14H,13H2,1-3H3,(H,23,27). The number of anilines is 1. The maximum Gasteiger partial charge on any atom is 0.249 e. The molecule has 0 saturated carbocycles. The van der Waals surface area contributed by atoms with Gasteiger partial charge in [-0.1, -0.05) is 44.2 Å². The lowest BCUT2D eigenvalue weighted by molar-refractivity contribution is -0.116. The minimum atomic E-state index is -0.0914. The second kappa shape index (κ2) is 7.31. The van der Waals surface area contributed by atoms with Crippen LogP contribution in [0.4, 0.5) is 5.69 Å². The van der Waals surface area contributed by atoms with Gasteiger partial charge in [0.25, 0.3) is 0 Å². The lowest BCUT2D eigenvalue weighted by Crippen LogP contribution is -2.18. The highest BCUT2D eigenvalue weighted by Crippen LogP contribution is 2.29. The molecule has 6 heteroatoms. The summed E-state index contributed by atoms with van der Waals surface area (Å²) in [7, 11) is 0. The van der Waals surface area contributed by atoms with Crippen LogP contribution < -0.4 is 5.32 Å². The summed E-state index contributed by atoms with van der Waals surface area (Å²) in [5.74, 6) is 1.33. The van der Waals surface area contributed by atoms with Crippen molar-refractivity contribution in [3.05, 3.63) is 66.2 Å². The third-order valence-corrected chi connectivity index (χ3v) is 4.72. The van der Waals surface area contributed by atoms with Crippen LogP contribution >= 0.6 is 0 Å². The minimum Gasteiger partial charge on any atom is -0.421 e. The number of carbonyl (C=O) groups is 1. The van der Waals surface area contributed by atoms with Crippen LogP contribution in [0.1, 0.15) is 31.2 Å². The Morgan fingerprint density at radius 3 is 2.54 bits per heavy atom. The average Bonchev–Trinajstić information content (AvgIpc) is 3.26. The van der Waals surface area contributed by atoms with Crippen LogP contribution in [-0.4, -0.2) is 20.7 Å². The fourth-order valence-electron chi connectivity index (χ4n) is 3.26. The predicted molar refractivity (Wildman–Crippen MR) is 109 cm³/mol. The summed E-state index contributed by atoms with van der Waals surface area (Å²) in [5.41, 5.74) is 3.80. The van der Waals surface area contributed by atoms with E-state index in [4.69, 9.17) is 4.42 Å². The largest absolute Gasteiger partial charge is 0.421 e. The van der Waals surface area contributed by atoms with Crippen molar-refractivity contribution in [3.63, 3.8) is 0 Å². The van der Waals surface area contributed by atoms with Crippen molar-refractivity contribution >= 4 is 22.5 Å². The molecular formula is C22H22N4O2. The number of hydrogen-bond acceptors (Lipinski definition) is 4. The van der Waals surface area contributed by atoms with E-state index >= 15 is 0 Å². The Morgan fingerprint density at radius 1 is 1.11 bits per heavy atom. The van der Waals surface area contributed by atoms with Gasteiger partial charge < -0.3 is 14.3 Å². The van der Waals surface area contributed by atoms with E-state index in [0.717, 1.165) is 22.2 Å². The van der Waals surface area contributed by atoms with E-state index in [1.54, 1.807) is 6.92 Å². The smallest absolute Gasteiger partial charge is 0.249 e. The fraction of sp³-hybridized carbons (Fsp3) is 0.227. The summed E-state index contributed by atoms with van der Waals surface area (Å²) in [4.78, 5) is 12.6. The second-order valence-corrected chi connectivity index (χ2v) is 7.14. The molecule has 0 aliphatic heterocycles. The summed E-state index contributed by atoms with van der Waals surface area (Å²) in [6.45, 7) is 6.24. The highest BCUT2D eigenvalue weighted by Gasteiger charge is 2.16. The molecule has 0 bridgehead atoms. The monoisotopic (exact) mass is 374 g/mol. The van der Waals surface area contributed by atoms with Gasteiger partial charge in [0.1, 0.15) is 6.54 Å². The average molecular weight is 374 g/mol. The molecule has 142 valence electrons. The van der Waals surface area contributed by atoms with Crippen molar-refractivity contribution in [1.82, 2.24) is 14.8 Å². The van der Waals surface area contributed by atoms with E-state index in [2.05, 4.69) is 29.4 Å². The first kappa shape index (κ1) is 18.0. The Balaban J connectivity index is 1.58. The topological polar surface area (TPSA) is 73.0 Å². The molecule has 28 heavy (non-hydrogen) atoms. The summed E-state index contributed by atoms with van der Waals surface area (Å²) < 4.78 is 7.49. The van der Waals surface area contributed by atoms with E-state index in [1.165, 1.54) is 5.56 Å². The molecule has 0 aliphatic rings. The van der Waals surface area contributed by atoms with E-state index in [9.17, 15) is 4.79 Å². The first-order valence-electron chi connectivity index (χ1n) is 9.29. The first-order valence-corrected chi connectivity index (χ1v) is 9.29. The normalized spacial score (nSPS) is 11.3. The van der Waals surface area contributed by atoms with E-state index in [0.29, 0.717) is 17.7 Å². The van der Waals surface area contributed by atoms with Gasteiger partial charge in [-0.2, -0.15) is 0 Å². The van der Waals surface area contributed by atoms with Crippen LogP contribution in [-0.2, 0) is 11.3 Å². The molecule has 0 spiro atoms. The van der Waals surface area contributed by atoms with Crippen molar-refractivity contribution in [3.8, 4) is 11.5 Å². The first-order chi connectivity index (χ1) is 13.5. The summed E-state index contributed by atoms with van der Waals surface area (Å²) >= 11 is 0. The number of benzene rings is 2. The molecule has 4 aromatic rings. The molecule has 2 aromatic carbocycles. The molecule has 6 nitrogen and oxygen atoms in total. The number of nitrogens with zero attached hydrogens (tertiary/aromatic N) is 3. The zero-order valence-corrected chi connectivity index (χ0v) is 16.1. The number of carbonyl (C=O) groups excluding carboxylic acids is 1. The molecule has 1 amide bonds. The minimum absolute atomic E-state index is 0.0914. The zero-order chi connectivity index (χ0) is 19.7. The summed E-state index contributed by atoms with van der Waals surface area (Å²) in [6, 6.07) is 15.8. The molecule has 0 fully saturated rings. The zero-order valence-electron chi connectivity index (χ0n) is 16.1. The number of amides is 1. The Morgan fingerprint density at radius 2 is 1.86 bits per heavy atom. The van der Waals surface area contributed by atoms with Crippen molar-refractivity contribution in [2.75, 3.05) is 5.32 Å². The van der Waals surface area contributed by atoms with E-state index in [1.807, 2.05) is 59.3 Å². The number of hydrogen-bond donors (Lipinski definition) is 1. The fourth-order valence-corrected chi connectivity index (χ4v) is 3.26. The number of para-hydroxylation sites is 1. The van der Waals surface area contributed by atoms with Gasteiger partial charge in [-0.05, 0) is 29.7 Å². The van der Waals surface area contributed by atoms with E-state index in [-0.39, 0.29) is 12.5 Å². The van der Waals surface area contributed by atoms with Crippen molar-refractivity contribution < 1.29 is 9.21 Å². The SMILES string of the molecule is Cc1nnc(-c2cn(CC(=O)Nc3ccc(C(C)C)cc3)c3ccccc23)o1. The van der Waals surface area contributed by atoms with Gasteiger partial charge in [0.2, 0.25) is 17.7 Å². The molecule has 4 rings (SSSR count). The quantitative estimate of drug-likeness (QED) is 0.546. The van der Waals surface area contributed by atoms with Gasteiger partial charge in [-0.15, -0.1) is 10.2 Å². The lowest BCUT2D eigenvalue weighted by atomic mass is 10.0. The Labute approximate surface area is 163 Å². The molecule has 0 aliphatic carbocycles. The Kier molecular flexibility index (Phi) is 4.69. The highest BCUT2D eigenvalue weighted by molar-refractivity contribution is 5.96. The molecular weight excluding hydrogens is 352 g/mol. The van der Waals surface area contributed by atoms with E-state index < -0.39 is 0 Å². The van der Waals surface area contributed by atoms with Gasteiger partial charge in [0.15, 0.2) is 0 Å². The van der Waals surface area contributed by atoms with Crippen LogP contribution in [0.2, 0.25) is 0 Å². The van der Waals surface area contributed by atoms with Crippen LogP contribution in [0.15, 0.2) is 59.1 Å². The van der Waals surface area contributed by atoms with Crippen LogP contribution in [0.3, 0.4) is 0 Å². The molecule has 0 atom stereocenters. The number of aryl methyl sites for hydroxylation is 1. The highest BCUT2D eigenvalue weighted by atomic mass is 16.4. The predicted octanol–water partition coefficient (Wildman–Crippen LogP) is 4.76. The van der Waals surface area contributed by atoms with Crippen molar-refractivity contribution in [1.29, 1.82) is 0 Å². The second-order valence-electron chi connectivity index (χ2n) is 7.14. The van der Waals surface area contributed by atoms with Crippen LogP contribution in [0.5, 0.6) is 0 Å². The Hall–Kier alpha value is -3.41. The number of fused-ring (bicyclic) bond motifs is 1. The van der Waals surface area contributed by atoms with Crippen LogP contribution in [0, 0.1) is 6.92 Å². The van der Waals surface area contributed by atoms with Gasteiger partial charge in [-0.3, -0.25) is 4.79 Å². The lowest BCUT2D eigenvalue weighted by Gasteiger charge is -2.09. The third-order valence-electron chi connectivity index (χ3n) is 4.72. The maximum atomic E-state index is 12.6. The molecule has 1 N–H and O–H groups in total. The van der Waals surface area contributed by atoms with Gasteiger partial charge in [0, 0.05) is 29.7 Å². The number of aromatic nitrogens is 3. The molecule has 2 aromatic heterocycles. The molecule has 2 heterocycles. The molecule has 0 unspecified atom stereocenters. The summed E-state index contributed by atoms with van der Waals surface area (Å²) in [5, 5.41) is 12.0. The number of rotatable bonds is 5. The summed E-state index contributed by atoms with van der Waals surface area (Å²) in [6.07, 6.45) is 1.89. The van der Waals surface area contributed by atoms with Crippen molar-refractivity contribution in [2.24, 2.45) is 0 Å².